The number of aryl methyl sites for hydroxylation is 1. The molecule has 0 radical (unpaired) electrons. The van der Waals surface area contributed by atoms with E-state index in [1.165, 1.54) is 6.20 Å². The number of nitriles is 1. The van der Waals surface area contributed by atoms with Gasteiger partial charge in [-0.1, -0.05) is 17.7 Å². The number of halogens is 2. The SMILES string of the molecule is Cc1c(I)ccc2c(Cl)c(C#N)cnc12. The molecular formula is C11H6ClIN2. The van der Waals surface area contributed by atoms with Gasteiger partial charge in [-0.05, 0) is 41.1 Å². The minimum Gasteiger partial charge on any atom is -0.254 e. The van der Waals surface area contributed by atoms with Crippen LogP contribution in [0.5, 0.6) is 0 Å². The Bertz CT molecular complexity index is 587. The van der Waals surface area contributed by atoms with Crippen LogP contribution < -0.4 is 0 Å². The summed E-state index contributed by atoms with van der Waals surface area (Å²) in [5, 5.41) is 10.2. The molecule has 0 aliphatic carbocycles. The second-order valence-electron chi connectivity index (χ2n) is 3.17. The predicted molar refractivity (Wildman–Crippen MR) is 68.9 cm³/mol. The summed E-state index contributed by atoms with van der Waals surface area (Å²) in [5.74, 6) is 0. The van der Waals surface area contributed by atoms with Gasteiger partial charge >= 0.3 is 0 Å². The lowest BCUT2D eigenvalue weighted by Crippen LogP contribution is -1.90. The van der Waals surface area contributed by atoms with Crippen LogP contribution >= 0.6 is 34.2 Å². The molecule has 4 heteroatoms. The zero-order valence-electron chi connectivity index (χ0n) is 7.88. The van der Waals surface area contributed by atoms with Crippen LogP contribution in [0.3, 0.4) is 0 Å². The first-order valence-corrected chi connectivity index (χ1v) is 5.74. The number of benzene rings is 1. The van der Waals surface area contributed by atoms with Crippen LogP contribution in [-0.2, 0) is 0 Å². The summed E-state index contributed by atoms with van der Waals surface area (Å²) in [6.45, 7) is 2.00. The number of fused-ring (bicyclic) bond motifs is 1. The highest BCUT2D eigenvalue weighted by Gasteiger charge is 2.09. The molecule has 15 heavy (non-hydrogen) atoms. The minimum absolute atomic E-state index is 0.421. The molecule has 0 spiro atoms. The third-order valence-corrected chi connectivity index (χ3v) is 3.86. The summed E-state index contributed by atoms with van der Waals surface area (Å²) in [4.78, 5) is 4.26. The van der Waals surface area contributed by atoms with Gasteiger partial charge in [-0.15, -0.1) is 0 Å². The molecule has 1 aromatic heterocycles. The third kappa shape index (κ3) is 1.68. The summed E-state index contributed by atoms with van der Waals surface area (Å²) < 4.78 is 1.15. The normalized spacial score (nSPS) is 10.3. The lowest BCUT2D eigenvalue weighted by Gasteiger charge is -2.05. The molecule has 0 saturated carbocycles. The molecule has 0 aliphatic rings. The fraction of sp³-hybridized carbons (Fsp3) is 0.0909. The van der Waals surface area contributed by atoms with Crippen molar-refractivity contribution in [3.8, 4) is 6.07 Å². The molecule has 1 heterocycles. The first-order valence-electron chi connectivity index (χ1n) is 4.28. The Labute approximate surface area is 106 Å². The average molecular weight is 329 g/mol. The average Bonchev–Trinajstić information content (AvgIpc) is 2.24. The Morgan fingerprint density at radius 2 is 2.20 bits per heavy atom. The van der Waals surface area contributed by atoms with E-state index in [0.717, 1.165) is 20.0 Å². The van der Waals surface area contributed by atoms with E-state index in [1.807, 2.05) is 25.1 Å². The van der Waals surface area contributed by atoms with Crippen LogP contribution in [-0.4, -0.2) is 4.98 Å². The van der Waals surface area contributed by atoms with Crippen molar-refractivity contribution in [1.82, 2.24) is 4.98 Å². The number of pyridine rings is 1. The molecule has 0 saturated heterocycles. The first-order chi connectivity index (χ1) is 7.15. The molecule has 0 aliphatic heterocycles. The van der Waals surface area contributed by atoms with Gasteiger partial charge in [-0.25, -0.2) is 0 Å². The van der Waals surface area contributed by atoms with Crippen molar-refractivity contribution in [3.05, 3.63) is 38.0 Å². The number of aromatic nitrogens is 1. The van der Waals surface area contributed by atoms with Gasteiger partial charge in [0.1, 0.15) is 6.07 Å². The van der Waals surface area contributed by atoms with E-state index in [9.17, 15) is 0 Å². The minimum atomic E-state index is 0.421. The summed E-state index contributed by atoms with van der Waals surface area (Å²) in [5.41, 5.74) is 2.38. The topological polar surface area (TPSA) is 36.7 Å². The van der Waals surface area contributed by atoms with Crippen LogP contribution in [0.1, 0.15) is 11.1 Å². The van der Waals surface area contributed by atoms with E-state index in [0.29, 0.717) is 10.6 Å². The quantitative estimate of drug-likeness (QED) is 0.692. The van der Waals surface area contributed by atoms with Crippen molar-refractivity contribution >= 4 is 45.1 Å². The van der Waals surface area contributed by atoms with Crippen LogP contribution in [0.4, 0.5) is 0 Å². The third-order valence-electron chi connectivity index (χ3n) is 2.28. The molecule has 0 bridgehead atoms. The number of rotatable bonds is 0. The molecule has 2 rings (SSSR count). The Hall–Kier alpha value is -0.860. The molecule has 0 unspecified atom stereocenters. The molecule has 1 aromatic carbocycles. The monoisotopic (exact) mass is 328 g/mol. The van der Waals surface area contributed by atoms with Gasteiger partial charge in [0, 0.05) is 15.2 Å². The number of nitrogens with zero attached hydrogens (tertiary/aromatic N) is 2. The van der Waals surface area contributed by atoms with Gasteiger partial charge in [0.05, 0.1) is 16.1 Å². The smallest absolute Gasteiger partial charge is 0.102 e. The Morgan fingerprint density at radius 3 is 2.87 bits per heavy atom. The molecule has 0 atom stereocenters. The maximum atomic E-state index is 8.83. The molecule has 0 fully saturated rings. The Kier molecular flexibility index (Phi) is 2.81. The van der Waals surface area contributed by atoms with E-state index in [-0.39, 0.29) is 0 Å². The van der Waals surface area contributed by atoms with Gasteiger partial charge in [-0.3, -0.25) is 4.98 Å². The molecule has 0 amide bonds. The maximum Gasteiger partial charge on any atom is 0.102 e. The lowest BCUT2D eigenvalue weighted by atomic mass is 10.1. The summed E-state index contributed by atoms with van der Waals surface area (Å²) in [7, 11) is 0. The van der Waals surface area contributed by atoms with Crippen molar-refractivity contribution in [2.75, 3.05) is 0 Å². The van der Waals surface area contributed by atoms with Crippen LogP contribution in [0.25, 0.3) is 10.9 Å². The van der Waals surface area contributed by atoms with Crippen molar-refractivity contribution in [3.63, 3.8) is 0 Å². The second kappa shape index (κ2) is 3.95. The largest absolute Gasteiger partial charge is 0.254 e. The standard InChI is InChI=1S/C11H6ClIN2/c1-6-9(13)3-2-8-10(12)7(4-14)5-15-11(6)8/h2-3,5H,1H3. The molecule has 74 valence electrons. The van der Waals surface area contributed by atoms with E-state index in [2.05, 4.69) is 27.6 Å². The van der Waals surface area contributed by atoms with E-state index in [1.54, 1.807) is 0 Å². The molecule has 0 N–H and O–H groups in total. The fourth-order valence-electron chi connectivity index (χ4n) is 1.43. The van der Waals surface area contributed by atoms with Gasteiger partial charge in [0.25, 0.3) is 0 Å². The number of hydrogen-bond donors (Lipinski definition) is 0. The molecule has 2 nitrogen and oxygen atoms in total. The zero-order valence-corrected chi connectivity index (χ0v) is 10.8. The lowest BCUT2D eigenvalue weighted by molar-refractivity contribution is 1.33. The fourth-order valence-corrected chi connectivity index (χ4v) is 2.11. The van der Waals surface area contributed by atoms with Crippen molar-refractivity contribution in [2.24, 2.45) is 0 Å². The Morgan fingerprint density at radius 1 is 1.47 bits per heavy atom. The highest BCUT2D eigenvalue weighted by molar-refractivity contribution is 14.1. The van der Waals surface area contributed by atoms with Crippen LogP contribution in [0, 0.1) is 21.8 Å². The van der Waals surface area contributed by atoms with Gasteiger partial charge in [-0.2, -0.15) is 5.26 Å². The van der Waals surface area contributed by atoms with E-state index in [4.69, 9.17) is 16.9 Å². The van der Waals surface area contributed by atoms with Crippen LogP contribution in [0.2, 0.25) is 5.02 Å². The molecule has 2 aromatic rings. The molecular weight excluding hydrogens is 322 g/mol. The number of hydrogen-bond acceptors (Lipinski definition) is 2. The predicted octanol–water partition coefficient (Wildman–Crippen LogP) is 3.67. The van der Waals surface area contributed by atoms with Gasteiger partial charge in [0.2, 0.25) is 0 Å². The van der Waals surface area contributed by atoms with Gasteiger partial charge in [0.15, 0.2) is 0 Å². The van der Waals surface area contributed by atoms with E-state index >= 15 is 0 Å². The zero-order chi connectivity index (χ0) is 11.0. The summed E-state index contributed by atoms with van der Waals surface area (Å²) in [6, 6.07) is 5.91. The summed E-state index contributed by atoms with van der Waals surface area (Å²) >= 11 is 8.36. The second-order valence-corrected chi connectivity index (χ2v) is 4.71. The highest BCUT2D eigenvalue weighted by Crippen LogP contribution is 2.29. The maximum absolute atomic E-state index is 8.83. The van der Waals surface area contributed by atoms with E-state index < -0.39 is 0 Å². The highest BCUT2D eigenvalue weighted by atomic mass is 127. The summed E-state index contributed by atoms with van der Waals surface area (Å²) in [6.07, 6.45) is 1.52. The Balaban J connectivity index is 2.93. The van der Waals surface area contributed by atoms with Crippen molar-refractivity contribution < 1.29 is 0 Å². The van der Waals surface area contributed by atoms with Crippen molar-refractivity contribution in [1.29, 1.82) is 5.26 Å². The van der Waals surface area contributed by atoms with Gasteiger partial charge < -0.3 is 0 Å². The first kappa shape index (κ1) is 10.7. The van der Waals surface area contributed by atoms with Crippen LogP contribution in [0.15, 0.2) is 18.3 Å². The van der Waals surface area contributed by atoms with Crippen molar-refractivity contribution in [2.45, 2.75) is 6.92 Å².